The zero-order valence-electron chi connectivity index (χ0n) is 11.9. The molecule has 2 unspecified atom stereocenters. The molecular weight excluding hydrogens is 244 g/mol. The summed E-state index contributed by atoms with van der Waals surface area (Å²) in [5.41, 5.74) is -0.352. The Labute approximate surface area is 113 Å². The van der Waals surface area contributed by atoms with Crippen LogP contribution in [0.2, 0.25) is 0 Å². The van der Waals surface area contributed by atoms with E-state index in [0.717, 1.165) is 30.6 Å². The molecule has 1 aliphatic heterocycles. The molecule has 0 radical (unpaired) electrons. The minimum absolute atomic E-state index is 0.137. The van der Waals surface area contributed by atoms with Gasteiger partial charge in [-0.1, -0.05) is 12.8 Å². The first kappa shape index (κ1) is 14.0. The van der Waals surface area contributed by atoms with Crippen LogP contribution < -0.4 is 5.32 Å². The van der Waals surface area contributed by atoms with Crippen molar-refractivity contribution in [2.24, 2.45) is 11.8 Å². The molecule has 2 rings (SSSR count). The Morgan fingerprint density at radius 1 is 1.16 bits per heavy atom. The van der Waals surface area contributed by atoms with Crippen LogP contribution in [0.3, 0.4) is 0 Å². The van der Waals surface area contributed by atoms with E-state index in [1.54, 1.807) is 0 Å². The number of rotatable bonds is 2. The van der Waals surface area contributed by atoms with Crippen LogP contribution in [0.15, 0.2) is 0 Å². The Balaban J connectivity index is 2.03. The van der Waals surface area contributed by atoms with Gasteiger partial charge < -0.3 is 5.32 Å². The Bertz CT molecular complexity index is 387. The zero-order valence-corrected chi connectivity index (χ0v) is 11.9. The van der Waals surface area contributed by atoms with E-state index >= 15 is 0 Å². The number of hydrogen-bond donors (Lipinski definition) is 1. The number of carbonyl (C=O) groups is 3. The fourth-order valence-corrected chi connectivity index (χ4v) is 2.99. The first-order valence-electron chi connectivity index (χ1n) is 6.96. The molecule has 2 atom stereocenters. The van der Waals surface area contributed by atoms with E-state index in [9.17, 15) is 14.4 Å². The highest BCUT2D eigenvalue weighted by Crippen LogP contribution is 2.37. The molecule has 2 fully saturated rings. The van der Waals surface area contributed by atoms with Crippen LogP contribution in [0.4, 0.5) is 0 Å². The number of nitrogens with zero attached hydrogens (tertiary/aromatic N) is 1. The second-order valence-corrected chi connectivity index (χ2v) is 6.56. The van der Waals surface area contributed by atoms with Gasteiger partial charge in [0, 0.05) is 5.54 Å². The largest absolute Gasteiger partial charge is 0.350 e. The van der Waals surface area contributed by atoms with Crippen molar-refractivity contribution in [2.75, 3.05) is 6.54 Å². The smallest absolute Gasteiger partial charge is 0.240 e. The fraction of sp³-hybridized carbons (Fsp3) is 0.786. The molecule has 0 aromatic rings. The minimum Gasteiger partial charge on any atom is -0.350 e. The topological polar surface area (TPSA) is 66.5 Å². The second kappa shape index (κ2) is 4.94. The molecule has 1 heterocycles. The van der Waals surface area contributed by atoms with Gasteiger partial charge in [-0.3, -0.25) is 19.3 Å². The van der Waals surface area contributed by atoms with Crippen molar-refractivity contribution in [1.29, 1.82) is 0 Å². The maximum Gasteiger partial charge on any atom is 0.240 e. The number of likely N-dealkylation sites (tertiary alicyclic amines) is 1. The van der Waals surface area contributed by atoms with E-state index in [-0.39, 0.29) is 41.6 Å². The summed E-state index contributed by atoms with van der Waals surface area (Å²) in [7, 11) is 0. The second-order valence-electron chi connectivity index (χ2n) is 6.56. The third kappa shape index (κ3) is 2.96. The SMILES string of the molecule is CC(C)(C)NC(=O)CN1C(=O)C2CCCCC2C1=O. The lowest BCUT2D eigenvalue weighted by molar-refractivity contribution is -0.144. The molecular formula is C14H22N2O3. The Kier molecular flexibility index (Phi) is 3.65. The van der Waals surface area contributed by atoms with E-state index in [0.29, 0.717) is 0 Å². The summed E-state index contributed by atoms with van der Waals surface area (Å²) in [6.45, 7) is 5.48. The molecule has 106 valence electrons. The Morgan fingerprint density at radius 3 is 2.05 bits per heavy atom. The van der Waals surface area contributed by atoms with Gasteiger partial charge in [0.05, 0.1) is 11.8 Å². The van der Waals surface area contributed by atoms with Crippen molar-refractivity contribution >= 4 is 17.7 Å². The first-order chi connectivity index (χ1) is 8.79. The molecule has 1 aliphatic carbocycles. The standard InChI is InChI=1S/C14H22N2O3/c1-14(2,3)15-11(17)8-16-12(18)9-6-4-5-7-10(9)13(16)19/h9-10H,4-8H2,1-3H3,(H,15,17). The summed E-state index contributed by atoms with van der Waals surface area (Å²) in [6.07, 6.45) is 3.57. The lowest BCUT2D eigenvalue weighted by Gasteiger charge is -2.22. The van der Waals surface area contributed by atoms with E-state index in [1.165, 1.54) is 0 Å². The van der Waals surface area contributed by atoms with Crippen LogP contribution in [0.5, 0.6) is 0 Å². The molecule has 1 saturated carbocycles. The van der Waals surface area contributed by atoms with Gasteiger partial charge in [-0.2, -0.15) is 0 Å². The molecule has 19 heavy (non-hydrogen) atoms. The molecule has 0 aromatic carbocycles. The predicted octanol–water partition coefficient (Wildman–Crippen LogP) is 1.08. The van der Waals surface area contributed by atoms with Crippen LogP contribution in [0.1, 0.15) is 46.5 Å². The van der Waals surface area contributed by atoms with Gasteiger partial charge in [0.1, 0.15) is 6.54 Å². The zero-order chi connectivity index (χ0) is 14.2. The van der Waals surface area contributed by atoms with Crippen molar-refractivity contribution < 1.29 is 14.4 Å². The maximum atomic E-state index is 12.2. The number of hydrogen-bond acceptors (Lipinski definition) is 3. The molecule has 0 aromatic heterocycles. The van der Waals surface area contributed by atoms with Crippen molar-refractivity contribution in [1.82, 2.24) is 10.2 Å². The van der Waals surface area contributed by atoms with Gasteiger partial charge in [0.15, 0.2) is 0 Å². The van der Waals surface area contributed by atoms with Crippen molar-refractivity contribution in [3.8, 4) is 0 Å². The predicted molar refractivity (Wildman–Crippen MR) is 70.1 cm³/mol. The average molecular weight is 266 g/mol. The molecule has 1 saturated heterocycles. The summed E-state index contributed by atoms with van der Waals surface area (Å²) in [5, 5.41) is 2.78. The van der Waals surface area contributed by atoms with Gasteiger partial charge in [-0.25, -0.2) is 0 Å². The first-order valence-corrected chi connectivity index (χ1v) is 6.96. The van der Waals surface area contributed by atoms with Crippen molar-refractivity contribution in [3.63, 3.8) is 0 Å². The monoisotopic (exact) mass is 266 g/mol. The number of nitrogens with one attached hydrogen (secondary N) is 1. The number of carbonyl (C=O) groups excluding carboxylic acids is 3. The van der Waals surface area contributed by atoms with E-state index in [4.69, 9.17) is 0 Å². The number of imide groups is 1. The van der Waals surface area contributed by atoms with Crippen molar-refractivity contribution in [2.45, 2.75) is 52.0 Å². The van der Waals surface area contributed by atoms with Crippen LogP contribution in [0.25, 0.3) is 0 Å². The maximum absolute atomic E-state index is 12.2. The lowest BCUT2D eigenvalue weighted by Crippen LogP contribution is -2.47. The van der Waals surface area contributed by atoms with E-state index in [1.807, 2.05) is 20.8 Å². The molecule has 5 heteroatoms. The van der Waals surface area contributed by atoms with Crippen molar-refractivity contribution in [3.05, 3.63) is 0 Å². The Morgan fingerprint density at radius 2 is 1.63 bits per heavy atom. The van der Waals surface area contributed by atoms with Crippen LogP contribution in [0, 0.1) is 11.8 Å². The number of fused-ring (bicyclic) bond motifs is 1. The van der Waals surface area contributed by atoms with Crippen LogP contribution in [-0.4, -0.2) is 34.7 Å². The Hall–Kier alpha value is -1.39. The molecule has 2 aliphatic rings. The highest BCUT2D eigenvalue weighted by Gasteiger charge is 2.48. The van der Waals surface area contributed by atoms with Gasteiger partial charge >= 0.3 is 0 Å². The highest BCUT2D eigenvalue weighted by atomic mass is 16.2. The van der Waals surface area contributed by atoms with Gasteiger partial charge in [0.2, 0.25) is 17.7 Å². The third-order valence-corrected chi connectivity index (χ3v) is 3.75. The van der Waals surface area contributed by atoms with Crippen LogP contribution in [-0.2, 0) is 14.4 Å². The molecule has 3 amide bonds. The van der Waals surface area contributed by atoms with E-state index in [2.05, 4.69) is 5.32 Å². The number of amides is 3. The normalized spacial score (nSPS) is 27.4. The van der Waals surface area contributed by atoms with Gasteiger partial charge in [-0.05, 0) is 33.6 Å². The molecule has 0 spiro atoms. The molecule has 1 N–H and O–H groups in total. The summed E-state index contributed by atoms with van der Waals surface area (Å²) in [4.78, 5) is 37.4. The fourth-order valence-electron chi connectivity index (χ4n) is 2.99. The highest BCUT2D eigenvalue weighted by molar-refractivity contribution is 6.07. The quantitative estimate of drug-likeness (QED) is 0.760. The molecule has 0 bridgehead atoms. The summed E-state index contributed by atoms with van der Waals surface area (Å²) in [5.74, 6) is -0.933. The lowest BCUT2D eigenvalue weighted by atomic mass is 9.81. The summed E-state index contributed by atoms with van der Waals surface area (Å²) < 4.78 is 0. The van der Waals surface area contributed by atoms with Gasteiger partial charge in [-0.15, -0.1) is 0 Å². The average Bonchev–Trinajstić information content (AvgIpc) is 2.53. The van der Waals surface area contributed by atoms with E-state index < -0.39 is 0 Å². The molecule has 5 nitrogen and oxygen atoms in total. The third-order valence-electron chi connectivity index (χ3n) is 3.75. The van der Waals surface area contributed by atoms with Crippen LogP contribution >= 0.6 is 0 Å². The summed E-state index contributed by atoms with van der Waals surface area (Å²) >= 11 is 0. The summed E-state index contributed by atoms with van der Waals surface area (Å²) in [6, 6.07) is 0. The van der Waals surface area contributed by atoms with Gasteiger partial charge in [0.25, 0.3) is 0 Å². The minimum atomic E-state index is -0.352.